The van der Waals surface area contributed by atoms with Crippen molar-refractivity contribution >= 4 is 5.57 Å². The van der Waals surface area contributed by atoms with Crippen LogP contribution in [0.15, 0.2) is 49.0 Å². The minimum absolute atomic E-state index is 0.0176. The smallest absolute Gasteiger partial charge is 0.131 e. The number of ether oxygens (including phenoxy) is 1. The lowest BCUT2D eigenvalue weighted by Crippen LogP contribution is -2.03. The maximum Gasteiger partial charge on any atom is 0.131 e. The molecule has 2 heteroatoms. The van der Waals surface area contributed by atoms with E-state index in [0.717, 1.165) is 34.6 Å². The topological polar surface area (TPSA) is 29.5 Å². The van der Waals surface area contributed by atoms with Gasteiger partial charge in [0.1, 0.15) is 11.5 Å². The summed E-state index contributed by atoms with van der Waals surface area (Å²) in [4.78, 5) is 0. The first-order valence-corrected chi connectivity index (χ1v) is 5.95. The molecule has 2 aromatic rings. The number of benzene rings is 2. The molecule has 0 atom stereocenters. The SMILES string of the molecule is C=C(CO)c1ccc2c(c1)Cc1ccccc1O2. The van der Waals surface area contributed by atoms with Crippen LogP contribution in [0.3, 0.4) is 0 Å². The number of rotatable bonds is 2. The highest BCUT2D eigenvalue weighted by atomic mass is 16.5. The van der Waals surface area contributed by atoms with E-state index < -0.39 is 0 Å². The standard InChI is InChI=1S/C16H14O2/c1-11(10-17)12-6-7-16-14(8-12)9-13-4-2-3-5-15(13)18-16/h2-8,17H,1,9-10H2. The van der Waals surface area contributed by atoms with Gasteiger partial charge >= 0.3 is 0 Å². The highest BCUT2D eigenvalue weighted by Crippen LogP contribution is 2.37. The zero-order chi connectivity index (χ0) is 12.5. The van der Waals surface area contributed by atoms with Crippen LogP contribution in [0.1, 0.15) is 16.7 Å². The summed E-state index contributed by atoms with van der Waals surface area (Å²) in [7, 11) is 0. The molecule has 0 aliphatic carbocycles. The normalized spacial score (nSPS) is 12.3. The molecule has 0 radical (unpaired) electrons. The van der Waals surface area contributed by atoms with Crippen molar-refractivity contribution in [2.75, 3.05) is 6.61 Å². The maximum atomic E-state index is 9.12. The zero-order valence-electron chi connectivity index (χ0n) is 10.0. The number of aliphatic hydroxyl groups excluding tert-OH is 1. The predicted molar refractivity (Wildman–Crippen MR) is 71.9 cm³/mol. The van der Waals surface area contributed by atoms with Gasteiger partial charge in [0.05, 0.1) is 6.61 Å². The molecular formula is C16H14O2. The lowest BCUT2D eigenvalue weighted by Gasteiger charge is -2.20. The molecule has 0 spiro atoms. The van der Waals surface area contributed by atoms with E-state index in [4.69, 9.17) is 9.84 Å². The quantitative estimate of drug-likeness (QED) is 0.741. The third-order valence-electron chi connectivity index (χ3n) is 3.23. The first-order valence-electron chi connectivity index (χ1n) is 5.95. The molecule has 0 unspecified atom stereocenters. The maximum absolute atomic E-state index is 9.12. The van der Waals surface area contributed by atoms with E-state index in [-0.39, 0.29) is 6.61 Å². The van der Waals surface area contributed by atoms with E-state index in [1.54, 1.807) is 0 Å². The van der Waals surface area contributed by atoms with Crippen molar-refractivity contribution in [2.45, 2.75) is 6.42 Å². The van der Waals surface area contributed by atoms with Crippen LogP contribution < -0.4 is 4.74 Å². The van der Waals surface area contributed by atoms with Gasteiger partial charge in [0.2, 0.25) is 0 Å². The third kappa shape index (κ3) is 1.81. The summed E-state index contributed by atoms with van der Waals surface area (Å²) in [5.74, 6) is 1.82. The van der Waals surface area contributed by atoms with Crippen molar-refractivity contribution in [1.82, 2.24) is 0 Å². The van der Waals surface area contributed by atoms with Gasteiger partial charge in [-0.05, 0) is 40.5 Å². The number of hydrogen-bond acceptors (Lipinski definition) is 2. The van der Waals surface area contributed by atoms with Crippen LogP contribution in [-0.2, 0) is 6.42 Å². The van der Waals surface area contributed by atoms with E-state index >= 15 is 0 Å². The van der Waals surface area contributed by atoms with Crippen LogP contribution in [0, 0.1) is 0 Å². The minimum atomic E-state index is -0.0176. The van der Waals surface area contributed by atoms with Gasteiger partial charge < -0.3 is 9.84 Å². The summed E-state index contributed by atoms with van der Waals surface area (Å²) in [6.45, 7) is 3.83. The molecule has 0 fully saturated rings. The summed E-state index contributed by atoms with van der Waals surface area (Å²) in [5.41, 5.74) is 4.04. The fraction of sp³-hybridized carbons (Fsp3) is 0.125. The van der Waals surface area contributed by atoms with Crippen molar-refractivity contribution in [2.24, 2.45) is 0 Å². The lowest BCUT2D eigenvalue weighted by molar-refractivity contribution is 0.350. The fourth-order valence-corrected chi connectivity index (χ4v) is 2.20. The second kappa shape index (κ2) is 4.31. The van der Waals surface area contributed by atoms with Gasteiger partial charge in [-0.2, -0.15) is 0 Å². The lowest BCUT2D eigenvalue weighted by atomic mass is 9.97. The summed E-state index contributed by atoms with van der Waals surface area (Å²) >= 11 is 0. The highest BCUT2D eigenvalue weighted by Gasteiger charge is 2.16. The first kappa shape index (κ1) is 11.1. The molecule has 90 valence electrons. The molecule has 2 nitrogen and oxygen atoms in total. The number of fused-ring (bicyclic) bond motifs is 2. The molecule has 0 amide bonds. The van der Waals surface area contributed by atoms with Crippen LogP contribution in [0.4, 0.5) is 0 Å². The van der Waals surface area contributed by atoms with Crippen LogP contribution in [0.2, 0.25) is 0 Å². The van der Waals surface area contributed by atoms with Gasteiger partial charge in [-0.25, -0.2) is 0 Å². The largest absolute Gasteiger partial charge is 0.457 e. The van der Waals surface area contributed by atoms with Gasteiger partial charge in [-0.3, -0.25) is 0 Å². The van der Waals surface area contributed by atoms with Crippen LogP contribution in [-0.4, -0.2) is 11.7 Å². The molecule has 0 aromatic heterocycles. The summed E-state index contributed by atoms with van der Waals surface area (Å²) in [6.07, 6.45) is 0.859. The Kier molecular flexibility index (Phi) is 2.65. The molecule has 0 saturated carbocycles. The van der Waals surface area contributed by atoms with Gasteiger partial charge in [0.25, 0.3) is 0 Å². The molecule has 1 N–H and O–H groups in total. The predicted octanol–water partition coefficient (Wildman–Crippen LogP) is 3.39. The van der Waals surface area contributed by atoms with Crippen LogP contribution in [0.25, 0.3) is 5.57 Å². The average Bonchev–Trinajstić information content (AvgIpc) is 2.43. The van der Waals surface area contributed by atoms with Crippen LogP contribution >= 0.6 is 0 Å². The highest BCUT2D eigenvalue weighted by molar-refractivity contribution is 5.66. The van der Waals surface area contributed by atoms with Gasteiger partial charge in [0, 0.05) is 6.42 Å². The Labute approximate surface area is 106 Å². The summed E-state index contributed by atoms with van der Waals surface area (Å²) in [5, 5.41) is 9.12. The Morgan fingerprint density at radius 1 is 1.11 bits per heavy atom. The Hall–Kier alpha value is -2.06. The Bertz CT molecular complexity index is 614. The monoisotopic (exact) mass is 238 g/mol. The third-order valence-corrected chi connectivity index (χ3v) is 3.23. The van der Waals surface area contributed by atoms with E-state index in [0.29, 0.717) is 0 Å². The van der Waals surface area contributed by atoms with Crippen molar-refractivity contribution in [3.63, 3.8) is 0 Å². The van der Waals surface area contributed by atoms with Gasteiger partial charge in [-0.1, -0.05) is 30.8 Å². The van der Waals surface area contributed by atoms with E-state index in [1.165, 1.54) is 5.56 Å². The van der Waals surface area contributed by atoms with E-state index in [1.807, 2.05) is 36.4 Å². The Morgan fingerprint density at radius 2 is 1.89 bits per heavy atom. The number of aliphatic hydroxyl groups is 1. The second-order valence-corrected chi connectivity index (χ2v) is 4.47. The molecule has 18 heavy (non-hydrogen) atoms. The summed E-state index contributed by atoms with van der Waals surface area (Å²) < 4.78 is 5.85. The van der Waals surface area contributed by atoms with Crippen LogP contribution in [0.5, 0.6) is 11.5 Å². The molecule has 2 aromatic carbocycles. The van der Waals surface area contributed by atoms with Crippen molar-refractivity contribution in [1.29, 1.82) is 0 Å². The number of para-hydroxylation sites is 1. The van der Waals surface area contributed by atoms with E-state index in [2.05, 4.69) is 12.6 Å². The van der Waals surface area contributed by atoms with Crippen molar-refractivity contribution < 1.29 is 9.84 Å². The van der Waals surface area contributed by atoms with Gasteiger partial charge in [0.15, 0.2) is 0 Å². The fourth-order valence-electron chi connectivity index (χ4n) is 2.20. The Balaban J connectivity index is 2.01. The molecule has 1 aliphatic heterocycles. The van der Waals surface area contributed by atoms with Crippen molar-refractivity contribution in [3.05, 3.63) is 65.7 Å². The average molecular weight is 238 g/mol. The molecule has 1 heterocycles. The second-order valence-electron chi connectivity index (χ2n) is 4.47. The van der Waals surface area contributed by atoms with Gasteiger partial charge in [-0.15, -0.1) is 0 Å². The molecular weight excluding hydrogens is 224 g/mol. The van der Waals surface area contributed by atoms with E-state index in [9.17, 15) is 0 Å². The molecule has 0 bridgehead atoms. The first-order chi connectivity index (χ1) is 8.78. The molecule has 1 aliphatic rings. The summed E-state index contributed by atoms with van der Waals surface area (Å²) in [6, 6.07) is 14.0. The Morgan fingerprint density at radius 3 is 2.72 bits per heavy atom. The number of hydrogen-bond donors (Lipinski definition) is 1. The molecule has 0 saturated heterocycles. The van der Waals surface area contributed by atoms with Crippen molar-refractivity contribution in [3.8, 4) is 11.5 Å². The molecule has 3 rings (SSSR count). The minimum Gasteiger partial charge on any atom is -0.457 e. The zero-order valence-corrected chi connectivity index (χ0v) is 10.0.